The molecule has 3 rings (SSSR count). The first-order chi connectivity index (χ1) is 12.3. The number of methoxy groups -OCH3 is 1. The lowest BCUT2D eigenvalue weighted by Crippen LogP contribution is -2.40. The summed E-state index contributed by atoms with van der Waals surface area (Å²) < 4.78 is 45.7. The number of aryl methyl sites for hydroxylation is 1. The quantitative estimate of drug-likeness (QED) is 0.751. The zero-order valence-corrected chi connectivity index (χ0v) is 15.4. The Morgan fingerprint density at radius 3 is 2.50 bits per heavy atom. The first-order valence-electron chi connectivity index (χ1n) is 8.31. The van der Waals surface area contributed by atoms with Crippen LogP contribution < -0.4 is 4.74 Å². The molecule has 0 amide bonds. The van der Waals surface area contributed by atoms with E-state index < -0.39 is 21.9 Å². The molecule has 1 aliphatic heterocycles. The molecular formula is C19H20FNO4S. The van der Waals surface area contributed by atoms with Crippen LogP contribution in [0.4, 0.5) is 4.39 Å². The molecule has 1 unspecified atom stereocenters. The second-order valence-electron chi connectivity index (χ2n) is 6.28. The van der Waals surface area contributed by atoms with Crippen molar-refractivity contribution in [2.75, 3.05) is 13.7 Å². The fraction of sp³-hybridized carbons (Fsp3) is 0.316. The molecule has 2 aromatic rings. The molecule has 5 nitrogen and oxygen atoms in total. The predicted octanol–water partition coefficient (Wildman–Crippen LogP) is 3.18. The lowest BCUT2D eigenvalue weighted by atomic mass is 10.0. The molecule has 0 saturated carbocycles. The summed E-state index contributed by atoms with van der Waals surface area (Å²) in [5.74, 6) is -0.0805. The summed E-state index contributed by atoms with van der Waals surface area (Å²) in [6, 6.07) is 9.54. The van der Waals surface area contributed by atoms with Crippen LogP contribution in [0.25, 0.3) is 0 Å². The highest BCUT2D eigenvalue weighted by molar-refractivity contribution is 7.89. The minimum atomic E-state index is -3.87. The van der Waals surface area contributed by atoms with Crippen LogP contribution in [0.1, 0.15) is 28.8 Å². The van der Waals surface area contributed by atoms with Crippen molar-refractivity contribution in [3.05, 3.63) is 59.4 Å². The van der Waals surface area contributed by atoms with E-state index >= 15 is 0 Å². The van der Waals surface area contributed by atoms with Gasteiger partial charge in [0.2, 0.25) is 10.0 Å². The fourth-order valence-electron chi connectivity index (χ4n) is 3.15. The number of ether oxygens (including phenoxy) is 1. The van der Waals surface area contributed by atoms with Crippen molar-refractivity contribution in [1.29, 1.82) is 0 Å². The Morgan fingerprint density at radius 1 is 1.19 bits per heavy atom. The molecule has 7 heteroatoms. The van der Waals surface area contributed by atoms with E-state index in [1.54, 1.807) is 24.3 Å². The summed E-state index contributed by atoms with van der Waals surface area (Å²) in [5, 5.41) is 0. The number of nitrogens with zero attached hydrogens (tertiary/aromatic N) is 1. The van der Waals surface area contributed by atoms with Crippen molar-refractivity contribution in [3.63, 3.8) is 0 Å². The van der Waals surface area contributed by atoms with Gasteiger partial charge >= 0.3 is 0 Å². The molecule has 2 aromatic carbocycles. The Hall–Kier alpha value is -2.25. The van der Waals surface area contributed by atoms with Crippen LogP contribution in [-0.2, 0) is 10.0 Å². The van der Waals surface area contributed by atoms with Crippen molar-refractivity contribution in [2.24, 2.45) is 0 Å². The van der Waals surface area contributed by atoms with E-state index in [9.17, 15) is 17.6 Å². The molecule has 1 saturated heterocycles. The summed E-state index contributed by atoms with van der Waals surface area (Å²) in [6.45, 7) is 1.78. The van der Waals surface area contributed by atoms with Gasteiger partial charge in [-0.1, -0.05) is 0 Å². The summed E-state index contributed by atoms with van der Waals surface area (Å²) in [7, 11) is -2.34. The molecule has 0 spiro atoms. The van der Waals surface area contributed by atoms with E-state index in [1.165, 1.54) is 30.5 Å². The SMILES string of the molecule is COc1ccc(C(=O)C2CCCN2S(=O)(=O)c2ccc(F)c(C)c2)cc1. The van der Waals surface area contributed by atoms with Gasteiger partial charge in [0.25, 0.3) is 0 Å². The highest BCUT2D eigenvalue weighted by atomic mass is 32.2. The molecule has 1 aliphatic rings. The molecule has 1 atom stereocenters. The average molecular weight is 377 g/mol. The molecule has 0 aromatic heterocycles. The van der Waals surface area contributed by atoms with Gasteiger partial charge in [0.1, 0.15) is 11.6 Å². The van der Waals surface area contributed by atoms with Crippen LogP contribution in [0.15, 0.2) is 47.4 Å². The van der Waals surface area contributed by atoms with Gasteiger partial charge in [-0.15, -0.1) is 0 Å². The maximum atomic E-state index is 13.5. The van der Waals surface area contributed by atoms with Crippen LogP contribution in [0.5, 0.6) is 5.75 Å². The number of hydrogen-bond donors (Lipinski definition) is 0. The number of hydrogen-bond acceptors (Lipinski definition) is 4. The van der Waals surface area contributed by atoms with Gasteiger partial charge in [-0.2, -0.15) is 4.31 Å². The standard InChI is InChI=1S/C19H20FNO4S/c1-13-12-16(9-10-17(13)20)26(23,24)21-11-3-4-18(21)19(22)14-5-7-15(25-2)8-6-14/h5-10,12,18H,3-4,11H2,1-2H3. The Labute approximate surface area is 152 Å². The van der Waals surface area contributed by atoms with E-state index in [2.05, 4.69) is 0 Å². The van der Waals surface area contributed by atoms with Gasteiger partial charge in [-0.25, -0.2) is 12.8 Å². The smallest absolute Gasteiger partial charge is 0.243 e. The van der Waals surface area contributed by atoms with Gasteiger partial charge in [-0.05, 0) is 67.8 Å². The number of halogens is 1. The van der Waals surface area contributed by atoms with Crippen molar-refractivity contribution < 1.29 is 22.3 Å². The van der Waals surface area contributed by atoms with Gasteiger partial charge in [0.15, 0.2) is 5.78 Å². The topological polar surface area (TPSA) is 63.7 Å². The van der Waals surface area contributed by atoms with Crippen molar-refractivity contribution >= 4 is 15.8 Å². The van der Waals surface area contributed by atoms with Crippen LogP contribution in [-0.4, -0.2) is 38.2 Å². The molecular weight excluding hydrogens is 357 g/mol. The number of ketones is 1. The number of Topliss-reactive ketones (excluding diaryl/α,β-unsaturated/α-hetero) is 1. The second-order valence-corrected chi connectivity index (χ2v) is 8.17. The summed E-state index contributed by atoms with van der Waals surface area (Å²) in [5.41, 5.74) is 0.691. The maximum Gasteiger partial charge on any atom is 0.243 e. The zero-order valence-electron chi connectivity index (χ0n) is 14.6. The first kappa shape index (κ1) is 18.5. The van der Waals surface area contributed by atoms with Gasteiger partial charge in [-0.3, -0.25) is 4.79 Å². The molecule has 0 N–H and O–H groups in total. The van der Waals surface area contributed by atoms with Crippen molar-refractivity contribution in [1.82, 2.24) is 4.31 Å². The molecule has 1 fully saturated rings. The third kappa shape index (κ3) is 3.37. The highest BCUT2D eigenvalue weighted by Gasteiger charge is 2.39. The number of rotatable bonds is 5. The second kappa shape index (κ2) is 7.17. The molecule has 138 valence electrons. The Bertz CT molecular complexity index is 925. The predicted molar refractivity (Wildman–Crippen MR) is 95.4 cm³/mol. The number of carbonyl (C=O) groups excluding carboxylic acids is 1. The van der Waals surface area contributed by atoms with E-state index in [0.29, 0.717) is 24.2 Å². The lowest BCUT2D eigenvalue weighted by Gasteiger charge is -2.23. The fourth-order valence-corrected chi connectivity index (χ4v) is 4.89. The van der Waals surface area contributed by atoms with E-state index in [1.807, 2.05) is 0 Å². The monoisotopic (exact) mass is 377 g/mol. The highest BCUT2D eigenvalue weighted by Crippen LogP contribution is 2.29. The normalized spacial score (nSPS) is 18.0. The van der Waals surface area contributed by atoms with Gasteiger partial charge < -0.3 is 4.74 Å². The summed E-state index contributed by atoms with van der Waals surface area (Å²) in [6.07, 6.45) is 1.07. The summed E-state index contributed by atoms with van der Waals surface area (Å²) >= 11 is 0. The van der Waals surface area contributed by atoms with Crippen LogP contribution >= 0.6 is 0 Å². The largest absolute Gasteiger partial charge is 0.497 e. The molecule has 1 heterocycles. The molecule has 0 radical (unpaired) electrons. The van der Waals surface area contributed by atoms with Crippen LogP contribution in [0.2, 0.25) is 0 Å². The molecule has 0 aliphatic carbocycles. The zero-order chi connectivity index (χ0) is 18.9. The Kier molecular flexibility index (Phi) is 5.11. The Morgan fingerprint density at radius 2 is 1.88 bits per heavy atom. The minimum absolute atomic E-state index is 0.00540. The van der Waals surface area contributed by atoms with Crippen molar-refractivity contribution in [3.8, 4) is 5.75 Å². The van der Waals surface area contributed by atoms with Gasteiger partial charge in [0, 0.05) is 12.1 Å². The van der Waals surface area contributed by atoms with Crippen LogP contribution in [0, 0.1) is 12.7 Å². The minimum Gasteiger partial charge on any atom is -0.497 e. The third-order valence-electron chi connectivity index (χ3n) is 4.62. The maximum absolute atomic E-state index is 13.5. The van der Waals surface area contributed by atoms with Crippen molar-refractivity contribution in [2.45, 2.75) is 30.7 Å². The molecule has 26 heavy (non-hydrogen) atoms. The molecule has 0 bridgehead atoms. The van der Waals surface area contributed by atoms with E-state index in [-0.39, 0.29) is 22.8 Å². The lowest BCUT2D eigenvalue weighted by molar-refractivity contribution is 0.0918. The van der Waals surface area contributed by atoms with Gasteiger partial charge in [0.05, 0.1) is 18.0 Å². The number of benzene rings is 2. The third-order valence-corrected chi connectivity index (χ3v) is 6.52. The number of carbonyl (C=O) groups is 1. The first-order valence-corrected chi connectivity index (χ1v) is 9.75. The van der Waals surface area contributed by atoms with Crippen LogP contribution in [0.3, 0.4) is 0 Å². The average Bonchev–Trinajstić information content (AvgIpc) is 3.14. The summed E-state index contributed by atoms with van der Waals surface area (Å²) in [4.78, 5) is 12.9. The Balaban J connectivity index is 1.91. The number of sulfonamides is 1. The van der Waals surface area contributed by atoms with E-state index in [0.717, 1.165) is 6.07 Å². The van der Waals surface area contributed by atoms with E-state index in [4.69, 9.17) is 4.74 Å².